The number of rotatable bonds is 5. The van der Waals surface area contributed by atoms with Crippen LogP contribution in [0, 0.1) is 0 Å². The van der Waals surface area contributed by atoms with Crippen molar-refractivity contribution in [1.29, 1.82) is 0 Å². The quantitative estimate of drug-likeness (QED) is 0.585. The van der Waals surface area contributed by atoms with Crippen molar-refractivity contribution in [2.75, 3.05) is 7.11 Å². The Hall–Kier alpha value is -1.88. The molecule has 0 fully saturated rings. The molecule has 0 heterocycles. The Labute approximate surface area is 99.2 Å². The fraction of sp³-hybridized carbons (Fsp3) is 0.333. The molecule has 0 saturated heterocycles. The van der Waals surface area contributed by atoms with Crippen LogP contribution in [0.2, 0.25) is 0 Å². The minimum atomic E-state index is -1.56. The number of methoxy groups -OCH3 is 1. The van der Waals surface area contributed by atoms with E-state index in [1.54, 1.807) is 12.1 Å². The molecule has 0 aliphatic carbocycles. The molecule has 0 spiro atoms. The molecule has 92 valence electrons. The zero-order valence-corrected chi connectivity index (χ0v) is 9.77. The van der Waals surface area contributed by atoms with Crippen LogP contribution in [0.25, 0.3) is 0 Å². The maximum absolute atomic E-state index is 11.8. The number of ether oxygens (including phenoxy) is 1. The van der Waals surface area contributed by atoms with E-state index in [0.29, 0.717) is 5.75 Å². The van der Waals surface area contributed by atoms with Crippen LogP contribution in [0.3, 0.4) is 0 Å². The number of hydrogen-bond acceptors (Lipinski definition) is 4. The third kappa shape index (κ3) is 2.82. The van der Waals surface area contributed by atoms with E-state index in [4.69, 9.17) is 15.6 Å². The van der Waals surface area contributed by atoms with E-state index in [1.165, 1.54) is 7.11 Å². The molecule has 1 aromatic carbocycles. The molecule has 5 heteroatoms. The van der Waals surface area contributed by atoms with Crippen LogP contribution in [0.1, 0.15) is 22.8 Å². The average molecular weight is 237 g/mol. The van der Waals surface area contributed by atoms with Gasteiger partial charge in [-0.25, -0.2) is 0 Å². The summed E-state index contributed by atoms with van der Waals surface area (Å²) in [6, 6.07) is 3.52. The van der Waals surface area contributed by atoms with Gasteiger partial charge in [-0.15, -0.1) is 0 Å². The third-order valence-electron chi connectivity index (χ3n) is 2.49. The van der Waals surface area contributed by atoms with Crippen LogP contribution in [0.4, 0.5) is 0 Å². The van der Waals surface area contributed by atoms with Gasteiger partial charge in [-0.2, -0.15) is 0 Å². The van der Waals surface area contributed by atoms with Crippen molar-refractivity contribution in [3.05, 3.63) is 29.3 Å². The Balaban J connectivity index is 3.18. The van der Waals surface area contributed by atoms with E-state index in [1.807, 2.05) is 13.0 Å². The van der Waals surface area contributed by atoms with Gasteiger partial charge in [0, 0.05) is 0 Å². The van der Waals surface area contributed by atoms with Gasteiger partial charge in [-0.05, 0) is 24.1 Å². The lowest BCUT2D eigenvalue weighted by Gasteiger charge is -2.11. The maximum atomic E-state index is 11.8. The largest absolute Gasteiger partial charge is 0.496 e. The molecule has 17 heavy (non-hydrogen) atoms. The highest BCUT2D eigenvalue weighted by atomic mass is 16.5. The minimum absolute atomic E-state index is 0.210. The van der Waals surface area contributed by atoms with Gasteiger partial charge in [0.25, 0.3) is 0 Å². The van der Waals surface area contributed by atoms with Crippen molar-refractivity contribution in [1.82, 2.24) is 0 Å². The standard InChI is InChI=1S/C12H15NO4/c1-3-7-4-5-9(17-2)8(6-7)11(14)10(13)12(15)16/h4-6,10H,3,13H2,1-2H3,(H,15,16). The van der Waals surface area contributed by atoms with Crippen LogP contribution in [0.15, 0.2) is 18.2 Å². The summed E-state index contributed by atoms with van der Waals surface area (Å²) in [6.45, 7) is 1.94. The molecule has 1 rings (SSSR count). The molecule has 5 nitrogen and oxygen atoms in total. The summed E-state index contributed by atoms with van der Waals surface area (Å²) in [4.78, 5) is 22.5. The van der Waals surface area contributed by atoms with Gasteiger partial charge in [0.2, 0.25) is 0 Å². The number of ketones is 1. The second-order valence-electron chi connectivity index (χ2n) is 3.57. The van der Waals surface area contributed by atoms with Crippen LogP contribution in [0.5, 0.6) is 5.75 Å². The molecule has 1 unspecified atom stereocenters. The lowest BCUT2D eigenvalue weighted by Crippen LogP contribution is -2.38. The van der Waals surface area contributed by atoms with Crippen molar-refractivity contribution in [3.63, 3.8) is 0 Å². The number of carboxylic acid groups (broad SMARTS) is 1. The van der Waals surface area contributed by atoms with Gasteiger partial charge < -0.3 is 15.6 Å². The summed E-state index contributed by atoms with van der Waals surface area (Å²) in [5, 5.41) is 8.72. The average Bonchev–Trinajstić information content (AvgIpc) is 2.35. The first-order valence-corrected chi connectivity index (χ1v) is 5.20. The highest BCUT2D eigenvalue weighted by molar-refractivity contribution is 6.12. The molecule has 0 bridgehead atoms. The van der Waals surface area contributed by atoms with Crippen molar-refractivity contribution < 1.29 is 19.4 Å². The Morgan fingerprint density at radius 1 is 1.47 bits per heavy atom. The number of nitrogens with two attached hydrogens (primary N) is 1. The first-order valence-electron chi connectivity index (χ1n) is 5.20. The highest BCUT2D eigenvalue weighted by Gasteiger charge is 2.25. The SMILES string of the molecule is CCc1ccc(OC)c(C(=O)C(N)C(=O)O)c1. The van der Waals surface area contributed by atoms with Gasteiger partial charge in [-0.1, -0.05) is 13.0 Å². The number of aliphatic carboxylic acids is 1. The van der Waals surface area contributed by atoms with E-state index in [2.05, 4.69) is 0 Å². The van der Waals surface area contributed by atoms with Crippen molar-refractivity contribution in [2.45, 2.75) is 19.4 Å². The predicted molar refractivity (Wildman–Crippen MR) is 62.3 cm³/mol. The predicted octanol–water partition coefficient (Wildman–Crippen LogP) is 0.852. The zero-order chi connectivity index (χ0) is 13.0. The van der Waals surface area contributed by atoms with Crippen LogP contribution in [-0.2, 0) is 11.2 Å². The number of Topliss-reactive ketones (excluding diaryl/α,β-unsaturated/α-hetero) is 1. The summed E-state index contributed by atoms with van der Waals surface area (Å²) in [5.41, 5.74) is 6.44. The first kappa shape index (κ1) is 13.2. The van der Waals surface area contributed by atoms with Crippen LogP contribution in [-0.4, -0.2) is 30.0 Å². The van der Waals surface area contributed by atoms with Crippen molar-refractivity contribution in [2.24, 2.45) is 5.73 Å². The molecule has 0 aliphatic heterocycles. The molecule has 1 atom stereocenters. The summed E-state index contributed by atoms with van der Waals surface area (Å²) in [5.74, 6) is -1.66. The number of carbonyl (C=O) groups excluding carboxylic acids is 1. The van der Waals surface area contributed by atoms with E-state index >= 15 is 0 Å². The summed E-state index contributed by atoms with van der Waals surface area (Å²) >= 11 is 0. The topological polar surface area (TPSA) is 89.6 Å². The summed E-state index contributed by atoms with van der Waals surface area (Å²) < 4.78 is 5.03. The number of carbonyl (C=O) groups is 2. The molecule has 3 N–H and O–H groups in total. The maximum Gasteiger partial charge on any atom is 0.328 e. The lowest BCUT2D eigenvalue weighted by molar-refractivity contribution is -0.137. The van der Waals surface area contributed by atoms with Crippen LogP contribution < -0.4 is 10.5 Å². The number of aryl methyl sites for hydroxylation is 1. The van der Waals surface area contributed by atoms with Gasteiger partial charge in [0.05, 0.1) is 12.7 Å². The summed E-state index contributed by atoms with van der Waals surface area (Å²) in [6.07, 6.45) is 0.743. The first-order chi connectivity index (χ1) is 8.01. The van der Waals surface area contributed by atoms with Crippen molar-refractivity contribution >= 4 is 11.8 Å². The molecule has 1 aromatic rings. The molecular formula is C12H15NO4. The Kier molecular flexibility index (Phi) is 4.23. The second kappa shape index (κ2) is 5.45. The smallest absolute Gasteiger partial charge is 0.328 e. The highest BCUT2D eigenvalue weighted by Crippen LogP contribution is 2.21. The zero-order valence-electron chi connectivity index (χ0n) is 9.77. The number of benzene rings is 1. The Morgan fingerprint density at radius 3 is 2.59 bits per heavy atom. The molecule has 0 saturated carbocycles. The van der Waals surface area contributed by atoms with Crippen molar-refractivity contribution in [3.8, 4) is 5.75 Å². The van der Waals surface area contributed by atoms with E-state index in [0.717, 1.165) is 12.0 Å². The Bertz CT molecular complexity index is 442. The van der Waals surface area contributed by atoms with Crippen LogP contribution >= 0.6 is 0 Å². The molecule has 0 aliphatic rings. The number of carboxylic acids is 1. The van der Waals surface area contributed by atoms with Gasteiger partial charge in [0.15, 0.2) is 11.8 Å². The second-order valence-corrected chi connectivity index (χ2v) is 3.57. The fourth-order valence-corrected chi connectivity index (χ4v) is 1.45. The minimum Gasteiger partial charge on any atom is -0.496 e. The lowest BCUT2D eigenvalue weighted by atomic mass is 10.0. The molecule has 0 aromatic heterocycles. The van der Waals surface area contributed by atoms with Gasteiger partial charge in [0.1, 0.15) is 5.75 Å². The monoisotopic (exact) mass is 237 g/mol. The molecule has 0 radical (unpaired) electrons. The van der Waals surface area contributed by atoms with E-state index in [9.17, 15) is 9.59 Å². The normalized spacial score (nSPS) is 11.9. The third-order valence-corrected chi connectivity index (χ3v) is 2.49. The molecule has 0 amide bonds. The van der Waals surface area contributed by atoms with E-state index in [-0.39, 0.29) is 5.56 Å². The van der Waals surface area contributed by atoms with Gasteiger partial charge >= 0.3 is 5.97 Å². The van der Waals surface area contributed by atoms with E-state index < -0.39 is 17.8 Å². The number of hydrogen-bond donors (Lipinski definition) is 2. The fourth-order valence-electron chi connectivity index (χ4n) is 1.45. The van der Waals surface area contributed by atoms with Gasteiger partial charge in [-0.3, -0.25) is 9.59 Å². The summed E-state index contributed by atoms with van der Waals surface area (Å²) in [7, 11) is 1.42. The molecular weight excluding hydrogens is 222 g/mol. The Morgan fingerprint density at radius 2 is 2.12 bits per heavy atom.